The number of amides is 1. The van der Waals surface area contributed by atoms with Crippen LogP contribution in [0.4, 0.5) is 0 Å². The first-order valence-corrected chi connectivity index (χ1v) is 8.48. The lowest BCUT2D eigenvalue weighted by atomic mass is 9.81. The molecule has 0 aromatic heterocycles. The molecule has 1 amide bonds. The third kappa shape index (κ3) is 4.97. The van der Waals surface area contributed by atoms with E-state index in [-0.39, 0.29) is 27.9 Å². The van der Waals surface area contributed by atoms with E-state index in [0.717, 1.165) is 25.7 Å². The molecule has 1 aliphatic carbocycles. The van der Waals surface area contributed by atoms with Gasteiger partial charge in [-0.2, -0.15) is 0 Å². The molecule has 2 atom stereocenters. The van der Waals surface area contributed by atoms with Gasteiger partial charge < -0.3 is 5.32 Å². The Morgan fingerprint density at radius 2 is 2.00 bits per heavy atom. The highest BCUT2D eigenvalue weighted by Gasteiger charge is 2.32. The standard InChI is InChI=1S/C16H27NO2S/c1-15(2,3)17-13(18)12-8-6-10-16(4,11-7-9-12)14(19)20-5/h6,10,12H,7-9,11H2,1-5H3,(H,17,18)/b10-6+. The molecule has 0 aromatic carbocycles. The minimum absolute atomic E-state index is 0.0272. The maximum atomic E-state index is 12.2. The van der Waals surface area contributed by atoms with Gasteiger partial charge in [0.25, 0.3) is 0 Å². The van der Waals surface area contributed by atoms with Crippen molar-refractivity contribution < 1.29 is 9.59 Å². The summed E-state index contributed by atoms with van der Waals surface area (Å²) in [7, 11) is 0. The second kappa shape index (κ2) is 6.79. The Balaban J connectivity index is 2.71. The van der Waals surface area contributed by atoms with Gasteiger partial charge in [-0.05, 0) is 53.2 Å². The summed E-state index contributed by atoms with van der Waals surface area (Å²) in [6.07, 6.45) is 9.16. The molecule has 0 saturated heterocycles. The van der Waals surface area contributed by atoms with E-state index in [1.807, 2.05) is 46.1 Å². The van der Waals surface area contributed by atoms with Crippen LogP contribution in [-0.4, -0.2) is 22.8 Å². The summed E-state index contributed by atoms with van der Waals surface area (Å²) in [5, 5.41) is 3.26. The van der Waals surface area contributed by atoms with E-state index in [1.165, 1.54) is 11.8 Å². The van der Waals surface area contributed by atoms with Gasteiger partial charge in [0.1, 0.15) is 0 Å². The molecule has 1 rings (SSSR count). The number of hydrogen-bond donors (Lipinski definition) is 1. The fourth-order valence-electron chi connectivity index (χ4n) is 2.52. The second-order valence-corrected chi connectivity index (χ2v) is 7.65. The summed E-state index contributed by atoms with van der Waals surface area (Å²) in [5.41, 5.74) is -0.558. The van der Waals surface area contributed by atoms with Gasteiger partial charge in [-0.1, -0.05) is 30.3 Å². The molecular weight excluding hydrogens is 270 g/mol. The van der Waals surface area contributed by atoms with Gasteiger partial charge in [-0.3, -0.25) is 9.59 Å². The van der Waals surface area contributed by atoms with Crippen molar-refractivity contribution in [3.63, 3.8) is 0 Å². The maximum Gasteiger partial charge on any atom is 0.223 e. The van der Waals surface area contributed by atoms with Crippen LogP contribution in [0, 0.1) is 11.3 Å². The average Bonchev–Trinajstić information content (AvgIpc) is 2.30. The molecule has 0 aromatic rings. The smallest absolute Gasteiger partial charge is 0.223 e. The Labute approximate surface area is 127 Å². The van der Waals surface area contributed by atoms with Crippen LogP contribution >= 0.6 is 11.8 Å². The van der Waals surface area contributed by atoms with Crippen LogP contribution in [0.15, 0.2) is 12.2 Å². The second-order valence-electron chi connectivity index (χ2n) is 6.88. The third-order valence-corrected chi connectivity index (χ3v) is 4.51. The highest BCUT2D eigenvalue weighted by molar-refractivity contribution is 8.13. The predicted octanol–water partition coefficient (Wildman–Crippen LogP) is 3.54. The molecule has 0 aliphatic heterocycles. The van der Waals surface area contributed by atoms with Gasteiger partial charge in [0.2, 0.25) is 5.91 Å². The van der Waals surface area contributed by atoms with E-state index in [9.17, 15) is 9.59 Å². The molecule has 0 spiro atoms. The van der Waals surface area contributed by atoms with Crippen molar-refractivity contribution in [1.82, 2.24) is 5.32 Å². The third-order valence-electron chi connectivity index (χ3n) is 3.68. The quantitative estimate of drug-likeness (QED) is 0.793. The summed E-state index contributed by atoms with van der Waals surface area (Å²) in [6, 6.07) is 0. The highest BCUT2D eigenvalue weighted by atomic mass is 32.2. The van der Waals surface area contributed by atoms with Gasteiger partial charge in [0.15, 0.2) is 5.12 Å². The number of allylic oxidation sites excluding steroid dienone is 2. The number of carbonyl (C=O) groups excluding carboxylic acids is 2. The molecule has 114 valence electrons. The lowest BCUT2D eigenvalue weighted by molar-refractivity contribution is -0.126. The summed E-state index contributed by atoms with van der Waals surface area (Å²) < 4.78 is 0. The maximum absolute atomic E-state index is 12.2. The molecule has 0 bridgehead atoms. The topological polar surface area (TPSA) is 46.2 Å². The van der Waals surface area contributed by atoms with Crippen LogP contribution in [0.1, 0.15) is 53.4 Å². The van der Waals surface area contributed by atoms with E-state index in [1.54, 1.807) is 0 Å². The molecule has 0 fully saturated rings. The van der Waals surface area contributed by atoms with Crippen molar-refractivity contribution in [1.29, 1.82) is 0 Å². The fourth-order valence-corrected chi connectivity index (χ4v) is 3.16. The van der Waals surface area contributed by atoms with Crippen molar-refractivity contribution in [3.05, 3.63) is 12.2 Å². The SMILES string of the molecule is CSC(=O)C1(C)/C=C/CC(C(=O)NC(C)(C)C)CCC1. The van der Waals surface area contributed by atoms with Crippen molar-refractivity contribution >= 4 is 22.8 Å². The fraction of sp³-hybridized carbons (Fsp3) is 0.750. The number of rotatable bonds is 2. The molecule has 20 heavy (non-hydrogen) atoms. The highest BCUT2D eigenvalue weighted by Crippen LogP contribution is 2.34. The molecule has 0 heterocycles. The first kappa shape index (κ1) is 17.3. The Morgan fingerprint density at radius 1 is 1.35 bits per heavy atom. The van der Waals surface area contributed by atoms with E-state index in [4.69, 9.17) is 0 Å². The van der Waals surface area contributed by atoms with Crippen LogP contribution in [0.5, 0.6) is 0 Å². The van der Waals surface area contributed by atoms with E-state index in [0.29, 0.717) is 0 Å². The van der Waals surface area contributed by atoms with Crippen molar-refractivity contribution in [2.24, 2.45) is 11.3 Å². The summed E-state index contributed by atoms with van der Waals surface area (Å²) in [6.45, 7) is 7.99. The molecule has 0 radical (unpaired) electrons. The zero-order valence-electron chi connectivity index (χ0n) is 13.3. The minimum atomic E-state index is -0.370. The number of thioether (sulfide) groups is 1. The first-order valence-electron chi connectivity index (χ1n) is 7.26. The van der Waals surface area contributed by atoms with E-state index >= 15 is 0 Å². The lowest BCUT2D eigenvalue weighted by Crippen LogP contribution is -2.44. The van der Waals surface area contributed by atoms with Crippen molar-refractivity contribution in [2.45, 2.75) is 58.9 Å². The van der Waals surface area contributed by atoms with Crippen LogP contribution in [-0.2, 0) is 9.59 Å². The number of nitrogens with one attached hydrogen (secondary N) is 1. The van der Waals surface area contributed by atoms with E-state index in [2.05, 4.69) is 5.32 Å². The van der Waals surface area contributed by atoms with E-state index < -0.39 is 0 Å². The Morgan fingerprint density at radius 3 is 2.55 bits per heavy atom. The minimum Gasteiger partial charge on any atom is -0.351 e. The Kier molecular flexibility index (Phi) is 5.87. The monoisotopic (exact) mass is 297 g/mol. The molecule has 1 N–H and O–H groups in total. The number of carbonyl (C=O) groups is 2. The zero-order chi connectivity index (χ0) is 15.4. The molecule has 2 unspecified atom stereocenters. The van der Waals surface area contributed by atoms with Crippen LogP contribution < -0.4 is 5.32 Å². The molecule has 1 aliphatic rings. The van der Waals surface area contributed by atoms with Gasteiger partial charge in [0.05, 0.1) is 5.41 Å². The molecule has 3 nitrogen and oxygen atoms in total. The summed E-state index contributed by atoms with van der Waals surface area (Å²) in [4.78, 5) is 24.2. The summed E-state index contributed by atoms with van der Waals surface area (Å²) >= 11 is 1.29. The number of hydrogen-bond acceptors (Lipinski definition) is 3. The van der Waals surface area contributed by atoms with Gasteiger partial charge in [-0.25, -0.2) is 0 Å². The van der Waals surface area contributed by atoms with Gasteiger partial charge >= 0.3 is 0 Å². The first-order chi connectivity index (χ1) is 9.18. The molecule has 0 saturated carbocycles. The van der Waals surface area contributed by atoms with Crippen LogP contribution in [0.2, 0.25) is 0 Å². The Hall–Kier alpha value is -0.770. The van der Waals surface area contributed by atoms with Crippen LogP contribution in [0.25, 0.3) is 0 Å². The largest absolute Gasteiger partial charge is 0.351 e. The van der Waals surface area contributed by atoms with Crippen LogP contribution in [0.3, 0.4) is 0 Å². The summed E-state index contributed by atoms with van der Waals surface area (Å²) in [5.74, 6) is 0.154. The molecular formula is C16H27NO2S. The lowest BCUT2D eigenvalue weighted by Gasteiger charge is -2.29. The van der Waals surface area contributed by atoms with Crippen molar-refractivity contribution in [3.8, 4) is 0 Å². The van der Waals surface area contributed by atoms with Crippen molar-refractivity contribution in [2.75, 3.05) is 6.26 Å². The average molecular weight is 297 g/mol. The van der Waals surface area contributed by atoms with Gasteiger partial charge in [0, 0.05) is 11.5 Å². The molecule has 4 heteroatoms. The Bertz CT molecular complexity index is 398. The predicted molar refractivity (Wildman–Crippen MR) is 85.6 cm³/mol. The van der Waals surface area contributed by atoms with Gasteiger partial charge in [-0.15, -0.1) is 0 Å². The zero-order valence-corrected chi connectivity index (χ0v) is 14.1. The normalized spacial score (nSPS) is 29.1.